The molecule has 1 aliphatic heterocycles. The number of rotatable bonds is 8. The molecule has 0 radical (unpaired) electrons. The maximum atomic E-state index is 4.84. The quantitative estimate of drug-likeness (QED) is 0.314. The molecule has 3 atom stereocenters. The largest absolute Gasteiger partial charge is 0.357 e. The summed E-state index contributed by atoms with van der Waals surface area (Å²) >= 11 is 0. The molecule has 3 unspecified atom stereocenters. The summed E-state index contributed by atoms with van der Waals surface area (Å²) in [5, 5.41) is 11.4. The van der Waals surface area contributed by atoms with Gasteiger partial charge in [-0.15, -0.1) is 24.0 Å². The van der Waals surface area contributed by atoms with Crippen molar-refractivity contribution in [2.24, 2.45) is 10.9 Å². The van der Waals surface area contributed by atoms with Crippen molar-refractivity contribution < 1.29 is 0 Å². The van der Waals surface area contributed by atoms with E-state index in [4.69, 9.17) is 4.99 Å². The van der Waals surface area contributed by atoms with Crippen LogP contribution in [0.3, 0.4) is 0 Å². The number of likely N-dealkylation sites (tertiary alicyclic amines) is 1. The number of aromatic nitrogens is 2. The summed E-state index contributed by atoms with van der Waals surface area (Å²) in [6, 6.07) is 13.8. The molecule has 0 aliphatic carbocycles. The van der Waals surface area contributed by atoms with Gasteiger partial charge in [0, 0.05) is 57.2 Å². The van der Waals surface area contributed by atoms with Crippen LogP contribution in [0.5, 0.6) is 0 Å². The third-order valence-corrected chi connectivity index (χ3v) is 5.55. The first-order valence-electron chi connectivity index (χ1n) is 10.9. The zero-order valence-electron chi connectivity index (χ0n) is 18.5. The molecular weight excluding hydrogens is 487 g/mol. The summed E-state index contributed by atoms with van der Waals surface area (Å²) in [5.74, 6) is 1.38. The van der Waals surface area contributed by atoms with E-state index in [1.807, 2.05) is 23.1 Å². The number of aliphatic imine (C=N–C) groups is 1. The highest BCUT2D eigenvalue weighted by molar-refractivity contribution is 14.0. The van der Waals surface area contributed by atoms with Gasteiger partial charge in [0.25, 0.3) is 0 Å². The minimum absolute atomic E-state index is 0. The summed E-state index contributed by atoms with van der Waals surface area (Å²) in [6.45, 7) is 11.4. The van der Waals surface area contributed by atoms with Crippen LogP contribution < -0.4 is 10.6 Å². The molecule has 7 heteroatoms. The Morgan fingerprint density at radius 1 is 1.27 bits per heavy atom. The van der Waals surface area contributed by atoms with E-state index in [-0.39, 0.29) is 24.0 Å². The highest BCUT2D eigenvalue weighted by atomic mass is 127. The highest BCUT2D eigenvalue weighted by Gasteiger charge is 2.26. The molecule has 6 nitrogen and oxygen atoms in total. The Kier molecular flexibility index (Phi) is 10.6. The zero-order chi connectivity index (χ0) is 20.5. The van der Waals surface area contributed by atoms with Crippen molar-refractivity contribution in [3.8, 4) is 0 Å². The van der Waals surface area contributed by atoms with Crippen molar-refractivity contribution in [3.63, 3.8) is 0 Å². The number of hydrogen-bond donors (Lipinski definition) is 2. The van der Waals surface area contributed by atoms with Crippen LogP contribution in [-0.4, -0.2) is 52.4 Å². The lowest BCUT2D eigenvalue weighted by molar-refractivity contribution is 0.134. The summed E-state index contributed by atoms with van der Waals surface area (Å²) < 4.78 is 1.98. The summed E-state index contributed by atoms with van der Waals surface area (Å²) in [6.07, 6.45) is 6.12. The van der Waals surface area contributed by atoms with Crippen LogP contribution in [-0.2, 0) is 13.1 Å². The van der Waals surface area contributed by atoms with Gasteiger partial charge in [0.05, 0.1) is 0 Å². The molecule has 0 spiro atoms. The molecule has 166 valence electrons. The summed E-state index contributed by atoms with van der Waals surface area (Å²) in [5.41, 5.74) is 1.40. The van der Waals surface area contributed by atoms with Gasteiger partial charge < -0.3 is 10.6 Å². The molecule has 2 aromatic rings. The molecule has 2 heterocycles. The Morgan fingerprint density at radius 2 is 2.07 bits per heavy atom. The Labute approximate surface area is 198 Å². The first-order chi connectivity index (χ1) is 14.1. The van der Waals surface area contributed by atoms with Crippen molar-refractivity contribution >= 4 is 29.9 Å². The third kappa shape index (κ3) is 7.91. The van der Waals surface area contributed by atoms with Crippen molar-refractivity contribution in [2.75, 3.05) is 19.6 Å². The van der Waals surface area contributed by atoms with E-state index in [1.165, 1.54) is 5.56 Å². The van der Waals surface area contributed by atoms with Crippen LogP contribution in [0.2, 0.25) is 0 Å². The van der Waals surface area contributed by atoms with Gasteiger partial charge in [-0.05, 0) is 44.2 Å². The SMILES string of the molecule is CCNC(=NCC(C)Cn1cccn1)NC1CCN(Cc2ccccc2)C(C)C1.I. The lowest BCUT2D eigenvalue weighted by Crippen LogP contribution is -2.51. The van der Waals surface area contributed by atoms with Gasteiger partial charge in [-0.3, -0.25) is 14.6 Å². The fourth-order valence-electron chi connectivity index (χ4n) is 3.95. The lowest BCUT2D eigenvalue weighted by Gasteiger charge is -2.38. The van der Waals surface area contributed by atoms with E-state index < -0.39 is 0 Å². The molecule has 1 aliphatic rings. The number of hydrogen-bond acceptors (Lipinski definition) is 3. The minimum atomic E-state index is 0. The predicted molar refractivity (Wildman–Crippen MR) is 135 cm³/mol. The second-order valence-electron chi connectivity index (χ2n) is 8.22. The van der Waals surface area contributed by atoms with E-state index >= 15 is 0 Å². The topological polar surface area (TPSA) is 57.5 Å². The fraction of sp³-hybridized carbons (Fsp3) is 0.565. The molecule has 2 N–H and O–H groups in total. The van der Waals surface area contributed by atoms with E-state index in [2.05, 4.69) is 71.7 Å². The average molecular weight is 524 g/mol. The number of guanidine groups is 1. The summed E-state index contributed by atoms with van der Waals surface area (Å²) in [4.78, 5) is 7.43. The van der Waals surface area contributed by atoms with Gasteiger partial charge in [0.15, 0.2) is 5.96 Å². The first-order valence-corrected chi connectivity index (χ1v) is 10.9. The number of nitrogens with one attached hydrogen (secondary N) is 2. The van der Waals surface area contributed by atoms with Crippen LogP contribution in [0, 0.1) is 5.92 Å². The molecule has 0 amide bonds. The maximum absolute atomic E-state index is 4.84. The van der Waals surface area contributed by atoms with E-state index in [1.54, 1.807) is 0 Å². The lowest BCUT2D eigenvalue weighted by atomic mass is 9.97. The van der Waals surface area contributed by atoms with Crippen molar-refractivity contribution in [1.82, 2.24) is 25.3 Å². The fourth-order valence-corrected chi connectivity index (χ4v) is 3.95. The predicted octanol–water partition coefficient (Wildman–Crippen LogP) is 3.75. The number of piperidine rings is 1. The maximum Gasteiger partial charge on any atom is 0.191 e. The Balaban J connectivity index is 0.00000320. The molecule has 3 rings (SSSR count). The molecule has 1 fully saturated rings. The van der Waals surface area contributed by atoms with E-state index in [0.29, 0.717) is 18.0 Å². The van der Waals surface area contributed by atoms with Gasteiger partial charge in [-0.25, -0.2) is 0 Å². The Morgan fingerprint density at radius 3 is 2.73 bits per heavy atom. The van der Waals surface area contributed by atoms with Crippen molar-refractivity contribution in [2.45, 2.75) is 58.8 Å². The summed E-state index contributed by atoms with van der Waals surface area (Å²) in [7, 11) is 0. The van der Waals surface area contributed by atoms with E-state index in [9.17, 15) is 0 Å². The van der Waals surface area contributed by atoms with Crippen LogP contribution >= 0.6 is 24.0 Å². The second-order valence-corrected chi connectivity index (χ2v) is 8.22. The standard InChI is InChI=1S/C23H36N6.HI/c1-4-24-23(25-16-19(2)17-29-13-8-12-26-29)27-22-11-14-28(20(3)15-22)18-21-9-6-5-7-10-21;/h5-10,12-13,19-20,22H,4,11,14-18H2,1-3H3,(H2,24,25,27);1H. The van der Waals surface area contributed by atoms with Gasteiger partial charge in [0.1, 0.15) is 0 Å². The molecule has 1 saturated heterocycles. The molecule has 30 heavy (non-hydrogen) atoms. The van der Waals surface area contributed by atoms with Gasteiger partial charge in [-0.1, -0.05) is 37.3 Å². The Bertz CT molecular complexity index is 733. The highest BCUT2D eigenvalue weighted by Crippen LogP contribution is 2.20. The number of benzene rings is 1. The molecule has 1 aromatic carbocycles. The zero-order valence-corrected chi connectivity index (χ0v) is 20.8. The molecule has 0 saturated carbocycles. The number of nitrogens with zero attached hydrogens (tertiary/aromatic N) is 4. The van der Waals surface area contributed by atoms with Crippen molar-refractivity contribution in [1.29, 1.82) is 0 Å². The van der Waals surface area contributed by atoms with Gasteiger partial charge in [0.2, 0.25) is 0 Å². The Hall–Kier alpha value is -1.61. The third-order valence-electron chi connectivity index (χ3n) is 5.55. The first kappa shape index (κ1) is 24.7. The molecular formula is C23H37IN6. The normalized spacial score (nSPS) is 21.0. The smallest absolute Gasteiger partial charge is 0.191 e. The van der Waals surface area contributed by atoms with Crippen LogP contribution in [0.4, 0.5) is 0 Å². The van der Waals surface area contributed by atoms with Crippen molar-refractivity contribution in [3.05, 3.63) is 54.4 Å². The van der Waals surface area contributed by atoms with Crippen LogP contribution in [0.1, 0.15) is 39.2 Å². The number of halogens is 1. The molecule has 0 bridgehead atoms. The minimum Gasteiger partial charge on any atom is -0.357 e. The molecule has 1 aromatic heterocycles. The monoisotopic (exact) mass is 524 g/mol. The average Bonchev–Trinajstić information content (AvgIpc) is 3.22. The van der Waals surface area contributed by atoms with E-state index in [0.717, 1.165) is 51.5 Å². The van der Waals surface area contributed by atoms with Crippen LogP contribution in [0.25, 0.3) is 0 Å². The van der Waals surface area contributed by atoms with Gasteiger partial charge in [-0.2, -0.15) is 5.10 Å². The van der Waals surface area contributed by atoms with Crippen LogP contribution in [0.15, 0.2) is 53.8 Å². The van der Waals surface area contributed by atoms with Gasteiger partial charge >= 0.3 is 0 Å². The second kappa shape index (κ2) is 12.9.